The molecule has 1 aromatic heterocycles. The monoisotopic (exact) mass is 229 g/mol. The van der Waals surface area contributed by atoms with Crippen LogP contribution in [0.2, 0.25) is 0 Å². The molecule has 0 radical (unpaired) electrons. The number of aromatic nitrogens is 1. The summed E-state index contributed by atoms with van der Waals surface area (Å²) in [7, 11) is 1.82. The van der Waals surface area contributed by atoms with E-state index in [1.807, 2.05) is 19.3 Å². The molecule has 0 saturated heterocycles. The van der Waals surface area contributed by atoms with Crippen molar-refractivity contribution < 1.29 is 15.0 Å². The smallest absolute Gasteiger partial charge is 0.189 e. The number of aryl methyl sites for hydroxylation is 1. The molecule has 0 aliphatic heterocycles. The number of rotatable bonds is 6. The number of aliphatic hydroxyl groups excluding tert-OH is 2. The molecule has 0 saturated carbocycles. The number of carbonyl (C=O) groups excluding carboxylic acids is 1. The SMILES string of the molecule is Cn1cccc1C(=O)CSCC(O)CO. The van der Waals surface area contributed by atoms with Crippen LogP contribution in [0, 0.1) is 0 Å². The molecule has 1 unspecified atom stereocenters. The summed E-state index contributed by atoms with van der Waals surface area (Å²) in [4.78, 5) is 11.6. The summed E-state index contributed by atoms with van der Waals surface area (Å²) in [5, 5.41) is 17.6. The molecule has 5 heteroatoms. The number of thioether (sulfide) groups is 1. The molecule has 4 nitrogen and oxygen atoms in total. The van der Waals surface area contributed by atoms with E-state index in [1.165, 1.54) is 11.8 Å². The normalized spacial score (nSPS) is 12.7. The molecule has 0 spiro atoms. The van der Waals surface area contributed by atoms with Crippen LogP contribution in [0.3, 0.4) is 0 Å². The molecule has 15 heavy (non-hydrogen) atoms. The standard InChI is InChI=1S/C10H15NO3S/c1-11-4-2-3-9(11)10(14)7-15-6-8(13)5-12/h2-4,8,12-13H,5-7H2,1H3. The van der Waals surface area contributed by atoms with E-state index in [0.717, 1.165) is 0 Å². The first-order chi connectivity index (χ1) is 7.15. The van der Waals surface area contributed by atoms with E-state index in [9.17, 15) is 4.79 Å². The lowest BCUT2D eigenvalue weighted by Gasteiger charge is -2.06. The minimum Gasteiger partial charge on any atom is -0.394 e. The second-order valence-corrected chi connectivity index (χ2v) is 4.31. The van der Waals surface area contributed by atoms with Crippen LogP contribution in [-0.2, 0) is 7.05 Å². The molecule has 0 fully saturated rings. The minimum absolute atomic E-state index is 0.0395. The topological polar surface area (TPSA) is 62.5 Å². The molecule has 84 valence electrons. The van der Waals surface area contributed by atoms with Crippen LogP contribution in [0.25, 0.3) is 0 Å². The highest BCUT2D eigenvalue weighted by Gasteiger charge is 2.10. The zero-order valence-electron chi connectivity index (χ0n) is 8.59. The van der Waals surface area contributed by atoms with Crippen LogP contribution in [0.1, 0.15) is 10.5 Å². The van der Waals surface area contributed by atoms with Gasteiger partial charge in [-0.1, -0.05) is 0 Å². The van der Waals surface area contributed by atoms with E-state index in [1.54, 1.807) is 10.6 Å². The molecule has 0 bridgehead atoms. The lowest BCUT2D eigenvalue weighted by molar-refractivity contribution is 0.101. The largest absolute Gasteiger partial charge is 0.394 e. The van der Waals surface area contributed by atoms with Gasteiger partial charge in [0.15, 0.2) is 5.78 Å². The zero-order chi connectivity index (χ0) is 11.3. The minimum atomic E-state index is -0.740. The number of hydrogen-bond acceptors (Lipinski definition) is 4. The van der Waals surface area contributed by atoms with Crippen LogP contribution >= 0.6 is 11.8 Å². The molecule has 2 N–H and O–H groups in total. The Kier molecular flexibility index (Phi) is 4.87. The predicted molar refractivity (Wildman–Crippen MR) is 60.2 cm³/mol. The summed E-state index contributed by atoms with van der Waals surface area (Å²) in [5.74, 6) is 0.749. The highest BCUT2D eigenvalue weighted by Crippen LogP contribution is 2.08. The lowest BCUT2D eigenvalue weighted by atomic mass is 10.3. The molecule has 1 heterocycles. The quantitative estimate of drug-likeness (QED) is 0.688. The molecule has 0 amide bonds. The van der Waals surface area contributed by atoms with Crippen LogP contribution in [-0.4, -0.2) is 44.8 Å². The third-order valence-electron chi connectivity index (χ3n) is 1.98. The van der Waals surface area contributed by atoms with Crippen LogP contribution in [0.4, 0.5) is 0 Å². The van der Waals surface area contributed by atoms with E-state index in [4.69, 9.17) is 10.2 Å². The molecule has 1 aromatic rings. The summed E-state index contributed by atoms with van der Waals surface area (Å²) >= 11 is 1.33. The Morgan fingerprint density at radius 1 is 1.67 bits per heavy atom. The molecular weight excluding hydrogens is 214 g/mol. The molecular formula is C10H15NO3S. The number of carbonyl (C=O) groups is 1. The molecule has 0 aliphatic carbocycles. The molecule has 1 atom stereocenters. The van der Waals surface area contributed by atoms with E-state index < -0.39 is 6.10 Å². The maximum atomic E-state index is 11.6. The van der Waals surface area contributed by atoms with Crippen molar-refractivity contribution in [1.29, 1.82) is 0 Å². The van der Waals surface area contributed by atoms with Crippen LogP contribution in [0.5, 0.6) is 0 Å². The van der Waals surface area contributed by atoms with Crippen molar-refractivity contribution in [3.63, 3.8) is 0 Å². The van der Waals surface area contributed by atoms with Gasteiger partial charge in [-0.05, 0) is 12.1 Å². The zero-order valence-corrected chi connectivity index (χ0v) is 9.41. The van der Waals surface area contributed by atoms with Crippen molar-refractivity contribution in [2.45, 2.75) is 6.10 Å². The van der Waals surface area contributed by atoms with E-state index in [-0.39, 0.29) is 12.4 Å². The Morgan fingerprint density at radius 3 is 2.93 bits per heavy atom. The van der Waals surface area contributed by atoms with E-state index in [0.29, 0.717) is 17.2 Å². The van der Waals surface area contributed by atoms with Crippen LogP contribution in [0.15, 0.2) is 18.3 Å². The first kappa shape index (κ1) is 12.3. The average molecular weight is 229 g/mol. The van der Waals surface area contributed by atoms with Gasteiger partial charge < -0.3 is 14.8 Å². The summed E-state index contributed by atoms with van der Waals surface area (Å²) in [6.07, 6.45) is 1.08. The van der Waals surface area contributed by atoms with Gasteiger partial charge in [-0.2, -0.15) is 11.8 Å². The van der Waals surface area contributed by atoms with Crippen molar-refractivity contribution in [2.24, 2.45) is 7.05 Å². The van der Waals surface area contributed by atoms with Crippen molar-refractivity contribution in [3.05, 3.63) is 24.0 Å². The highest BCUT2D eigenvalue weighted by molar-refractivity contribution is 8.00. The van der Waals surface area contributed by atoms with Crippen LogP contribution < -0.4 is 0 Å². The van der Waals surface area contributed by atoms with E-state index in [2.05, 4.69) is 0 Å². The van der Waals surface area contributed by atoms with Crippen molar-refractivity contribution in [2.75, 3.05) is 18.1 Å². The fraction of sp³-hybridized carbons (Fsp3) is 0.500. The van der Waals surface area contributed by atoms with Gasteiger partial charge in [-0.3, -0.25) is 4.79 Å². The summed E-state index contributed by atoms with van der Waals surface area (Å²) < 4.78 is 1.77. The van der Waals surface area contributed by atoms with Gasteiger partial charge in [0.1, 0.15) is 0 Å². The summed E-state index contributed by atoms with van der Waals surface area (Å²) in [6.45, 7) is -0.259. The summed E-state index contributed by atoms with van der Waals surface area (Å²) in [5.41, 5.74) is 0.668. The first-order valence-electron chi connectivity index (χ1n) is 4.66. The van der Waals surface area contributed by atoms with Gasteiger partial charge in [0.25, 0.3) is 0 Å². The van der Waals surface area contributed by atoms with Gasteiger partial charge in [0.05, 0.1) is 24.2 Å². The van der Waals surface area contributed by atoms with Crippen molar-refractivity contribution in [3.8, 4) is 0 Å². The number of ketones is 1. The van der Waals surface area contributed by atoms with Gasteiger partial charge >= 0.3 is 0 Å². The van der Waals surface area contributed by atoms with Gasteiger partial charge in [-0.15, -0.1) is 0 Å². The van der Waals surface area contributed by atoms with Gasteiger partial charge in [0, 0.05) is 19.0 Å². The summed E-state index contributed by atoms with van der Waals surface area (Å²) in [6, 6.07) is 3.59. The number of Topliss-reactive ketones (excluding diaryl/α,β-unsaturated/α-hetero) is 1. The predicted octanol–water partition coefficient (Wildman–Crippen LogP) is 0.294. The van der Waals surface area contributed by atoms with Gasteiger partial charge in [0.2, 0.25) is 0 Å². The number of aliphatic hydroxyl groups is 2. The molecule has 0 aliphatic rings. The third-order valence-corrected chi connectivity index (χ3v) is 3.07. The molecule has 1 rings (SSSR count). The van der Waals surface area contributed by atoms with Crippen molar-refractivity contribution >= 4 is 17.5 Å². The first-order valence-corrected chi connectivity index (χ1v) is 5.82. The Bertz CT molecular complexity index is 324. The fourth-order valence-corrected chi connectivity index (χ4v) is 1.99. The van der Waals surface area contributed by atoms with E-state index >= 15 is 0 Å². The Morgan fingerprint density at radius 2 is 2.40 bits per heavy atom. The van der Waals surface area contributed by atoms with Gasteiger partial charge in [-0.25, -0.2) is 0 Å². The maximum absolute atomic E-state index is 11.6. The fourth-order valence-electron chi connectivity index (χ4n) is 1.17. The second-order valence-electron chi connectivity index (χ2n) is 3.28. The molecule has 0 aromatic carbocycles. The Hall–Kier alpha value is -0.780. The third kappa shape index (κ3) is 3.70. The second kappa shape index (κ2) is 5.95. The number of nitrogens with zero attached hydrogens (tertiary/aromatic N) is 1. The Balaban J connectivity index is 2.34. The lowest BCUT2D eigenvalue weighted by Crippen LogP contribution is -2.16. The van der Waals surface area contributed by atoms with Crippen molar-refractivity contribution in [1.82, 2.24) is 4.57 Å². The highest BCUT2D eigenvalue weighted by atomic mass is 32.2. The maximum Gasteiger partial charge on any atom is 0.189 e. The average Bonchev–Trinajstić information content (AvgIpc) is 2.64. The number of hydrogen-bond donors (Lipinski definition) is 2. The Labute approximate surface area is 92.9 Å².